The number of hydrogen-bond acceptors (Lipinski definition) is 4. The van der Waals surface area contributed by atoms with Crippen LogP contribution in [0.15, 0.2) is 70.6 Å². The summed E-state index contributed by atoms with van der Waals surface area (Å²) in [6.07, 6.45) is 9.14. The molecule has 2 aromatic carbocycles. The Morgan fingerprint density at radius 2 is 1.74 bits per heavy atom. The summed E-state index contributed by atoms with van der Waals surface area (Å²) in [5.41, 5.74) is 2.99. The van der Waals surface area contributed by atoms with Crippen LogP contribution >= 0.6 is 0 Å². The third-order valence-corrected chi connectivity index (χ3v) is 5.33. The van der Waals surface area contributed by atoms with E-state index < -0.39 is 0 Å². The highest BCUT2D eigenvalue weighted by atomic mass is 16.5. The SMILES string of the molecule is C=COCCCCCOc1ccc2cc(-c3ccc(CCCCC)cc3)c(=O)oc2c1. The van der Waals surface area contributed by atoms with Crippen molar-refractivity contribution in [1.29, 1.82) is 0 Å². The summed E-state index contributed by atoms with van der Waals surface area (Å²) in [5, 5.41) is 0.885. The van der Waals surface area contributed by atoms with Gasteiger partial charge in [-0.2, -0.15) is 0 Å². The van der Waals surface area contributed by atoms with Gasteiger partial charge in [-0.05, 0) is 61.4 Å². The first-order valence-electron chi connectivity index (χ1n) is 11.2. The molecule has 0 saturated heterocycles. The van der Waals surface area contributed by atoms with E-state index in [-0.39, 0.29) is 5.63 Å². The van der Waals surface area contributed by atoms with E-state index >= 15 is 0 Å². The molecule has 0 aliphatic heterocycles. The molecule has 164 valence electrons. The van der Waals surface area contributed by atoms with Crippen molar-refractivity contribution >= 4 is 11.0 Å². The average Bonchev–Trinajstić information content (AvgIpc) is 2.79. The standard InChI is InChI=1S/C27H32O4/c1-3-5-7-10-21-11-13-22(14-12-21)25-19-23-15-16-24(20-26(23)31-27(25)28)30-18-9-6-8-17-29-4-2/h4,11-16,19-20H,2-3,5-10,17-18H2,1H3. The number of hydrogen-bond donors (Lipinski definition) is 0. The fourth-order valence-corrected chi connectivity index (χ4v) is 3.55. The molecular weight excluding hydrogens is 388 g/mol. The van der Waals surface area contributed by atoms with Crippen molar-refractivity contribution in [1.82, 2.24) is 0 Å². The van der Waals surface area contributed by atoms with Crippen LogP contribution in [0.4, 0.5) is 0 Å². The topological polar surface area (TPSA) is 48.7 Å². The zero-order chi connectivity index (χ0) is 21.9. The highest BCUT2D eigenvalue weighted by Gasteiger charge is 2.09. The predicted molar refractivity (Wildman–Crippen MR) is 127 cm³/mol. The van der Waals surface area contributed by atoms with Crippen molar-refractivity contribution in [2.45, 2.75) is 51.9 Å². The van der Waals surface area contributed by atoms with Crippen molar-refractivity contribution in [3.8, 4) is 16.9 Å². The number of aryl methyl sites for hydroxylation is 1. The van der Waals surface area contributed by atoms with Crippen molar-refractivity contribution < 1.29 is 13.9 Å². The van der Waals surface area contributed by atoms with E-state index in [1.54, 1.807) is 6.07 Å². The van der Waals surface area contributed by atoms with E-state index in [0.29, 0.717) is 30.1 Å². The quantitative estimate of drug-likeness (QED) is 0.171. The zero-order valence-electron chi connectivity index (χ0n) is 18.4. The van der Waals surface area contributed by atoms with E-state index in [1.807, 2.05) is 30.3 Å². The first-order valence-corrected chi connectivity index (χ1v) is 11.2. The Labute approximate surface area is 184 Å². The van der Waals surface area contributed by atoms with Gasteiger partial charge in [0.05, 0.1) is 25.0 Å². The third kappa shape index (κ3) is 6.74. The molecule has 0 fully saturated rings. The summed E-state index contributed by atoms with van der Waals surface area (Å²) < 4.78 is 16.5. The number of fused-ring (bicyclic) bond motifs is 1. The predicted octanol–water partition coefficient (Wildman–Crippen LogP) is 6.90. The van der Waals surface area contributed by atoms with E-state index in [2.05, 4.69) is 25.6 Å². The fraction of sp³-hybridized carbons (Fsp3) is 0.370. The van der Waals surface area contributed by atoms with E-state index in [9.17, 15) is 4.79 Å². The maximum absolute atomic E-state index is 12.6. The maximum atomic E-state index is 12.6. The van der Waals surface area contributed by atoms with Crippen LogP contribution in [0.5, 0.6) is 5.75 Å². The number of unbranched alkanes of at least 4 members (excludes halogenated alkanes) is 4. The minimum absolute atomic E-state index is 0.328. The van der Waals surface area contributed by atoms with Crippen LogP contribution in [0.3, 0.4) is 0 Å². The fourth-order valence-electron chi connectivity index (χ4n) is 3.55. The van der Waals surface area contributed by atoms with Crippen LogP contribution in [-0.2, 0) is 11.2 Å². The molecule has 1 aromatic heterocycles. The van der Waals surface area contributed by atoms with Gasteiger partial charge in [0.25, 0.3) is 0 Å². The molecule has 0 bridgehead atoms. The number of rotatable bonds is 13. The first kappa shape index (κ1) is 22.7. The Morgan fingerprint density at radius 1 is 0.935 bits per heavy atom. The molecule has 0 aliphatic rings. The summed E-state index contributed by atoms with van der Waals surface area (Å²) in [4.78, 5) is 12.6. The molecular formula is C27H32O4. The highest BCUT2D eigenvalue weighted by Crippen LogP contribution is 2.25. The molecule has 0 unspecified atom stereocenters. The molecule has 0 spiro atoms. The third-order valence-electron chi connectivity index (χ3n) is 5.33. The lowest BCUT2D eigenvalue weighted by atomic mass is 10.0. The van der Waals surface area contributed by atoms with Gasteiger partial charge in [-0.25, -0.2) is 4.79 Å². The minimum Gasteiger partial charge on any atom is -0.502 e. The van der Waals surface area contributed by atoms with E-state index in [1.165, 1.54) is 31.1 Å². The van der Waals surface area contributed by atoms with E-state index in [4.69, 9.17) is 13.9 Å². The maximum Gasteiger partial charge on any atom is 0.344 e. The van der Waals surface area contributed by atoms with Gasteiger partial charge in [-0.1, -0.05) is 50.6 Å². The lowest BCUT2D eigenvalue weighted by molar-refractivity contribution is 0.235. The summed E-state index contributed by atoms with van der Waals surface area (Å²) in [6, 6.07) is 15.8. The Balaban J connectivity index is 1.63. The van der Waals surface area contributed by atoms with Crippen LogP contribution in [0, 0.1) is 0 Å². The molecule has 4 heteroatoms. The Hall–Kier alpha value is -3.01. The smallest absolute Gasteiger partial charge is 0.344 e. The highest BCUT2D eigenvalue weighted by molar-refractivity contribution is 5.82. The van der Waals surface area contributed by atoms with Gasteiger partial charge in [0.15, 0.2) is 0 Å². The van der Waals surface area contributed by atoms with Gasteiger partial charge < -0.3 is 13.9 Å². The molecule has 0 N–H and O–H groups in total. The molecule has 0 saturated carbocycles. The minimum atomic E-state index is -0.328. The second kappa shape index (κ2) is 12.0. The van der Waals surface area contributed by atoms with Gasteiger partial charge in [-0.3, -0.25) is 0 Å². The summed E-state index contributed by atoms with van der Waals surface area (Å²) >= 11 is 0. The van der Waals surface area contributed by atoms with Crippen LogP contribution in [0.2, 0.25) is 0 Å². The Bertz CT molecular complexity index is 1020. The van der Waals surface area contributed by atoms with Crippen molar-refractivity contribution in [3.63, 3.8) is 0 Å². The molecule has 0 atom stereocenters. The van der Waals surface area contributed by atoms with Crippen molar-refractivity contribution in [3.05, 3.63) is 77.4 Å². The van der Waals surface area contributed by atoms with Gasteiger partial charge in [0, 0.05) is 11.5 Å². The number of benzene rings is 2. The van der Waals surface area contributed by atoms with E-state index in [0.717, 1.165) is 36.6 Å². The monoisotopic (exact) mass is 420 g/mol. The lowest BCUT2D eigenvalue weighted by Gasteiger charge is -2.08. The lowest BCUT2D eigenvalue weighted by Crippen LogP contribution is -2.03. The first-order chi connectivity index (χ1) is 15.2. The van der Waals surface area contributed by atoms with Gasteiger partial charge in [0.1, 0.15) is 11.3 Å². The molecule has 0 radical (unpaired) electrons. The van der Waals surface area contributed by atoms with Crippen LogP contribution in [0.1, 0.15) is 51.0 Å². The van der Waals surface area contributed by atoms with Crippen LogP contribution in [-0.4, -0.2) is 13.2 Å². The van der Waals surface area contributed by atoms with Gasteiger partial charge in [-0.15, -0.1) is 0 Å². The Kier molecular flexibility index (Phi) is 8.77. The normalized spacial score (nSPS) is 10.9. The Morgan fingerprint density at radius 3 is 2.52 bits per heavy atom. The average molecular weight is 421 g/mol. The summed E-state index contributed by atoms with van der Waals surface area (Å²) in [5.74, 6) is 0.710. The molecule has 0 aliphatic carbocycles. The van der Waals surface area contributed by atoms with Crippen LogP contribution in [0.25, 0.3) is 22.1 Å². The molecule has 3 rings (SSSR count). The van der Waals surface area contributed by atoms with Crippen molar-refractivity contribution in [2.75, 3.05) is 13.2 Å². The second-order valence-electron chi connectivity index (χ2n) is 7.75. The van der Waals surface area contributed by atoms with Gasteiger partial charge in [0.2, 0.25) is 0 Å². The largest absolute Gasteiger partial charge is 0.502 e. The molecule has 31 heavy (non-hydrogen) atoms. The molecule has 3 aromatic rings. The zero-order valence-corrected chi connectivity index (χ0v) is 18.4. The second-order valence-corrected chi connectivity index (χ2v) is 7.75. The summed E-state index contributed by atoms with van der Waals surface area (Å²) in [6.45, 7) is 7.04. The molecule has 1 heterocycles. The molecule has 4 nitrogen and oxygen atoms in total. The van der Waals surface area contributed by atoms with Gasteiger partial charge >= 0.3 is 5.63 Å². The van der Waals surface area contributed by atoms with Crippen LogP contribution < -0.4 is 10.4 Å². The number of ether oxygens (including phenoxy) is 2. The molecule has 0 amide bonds. The van der Waals surface area contributed by atoms with Crippen molar-refractivity contribution in [2.24, 2.45) is 0 Å². The summed E-state index contributed by atoms with van der Waals surface area (Å²) in [7, 11) is 0.